The van der Waals surface area contributed by atoms with Gasteiger partial charge in [0.25, 0.3) is 5.91 Å². The molecule has 10 nitrogen and oxygen atoms in total. The van der Waals surface area contributed by atoms with Crippen LogP contribution in [0.25, 0.3) is 0 Å². The highest BCUT2D eigenvalue weighted by Gasteiger charge is 2.37. The molecule has 4 N–H and O–H groups in total. The number of hydrogen-bond acceptors (Lipinski definition) is 6. The number of benzene rings is 1. The van der Waals surface area contributed by atoms with Gasteiger partial charge < -0.3 is 30.5 Å². The van der Waals surface area contributed by atoms with Gasteiger partial charge in [-0.05, 0) is 56.9 Å². The average molecular weight is 433 g/mol. The van der Waals surface area contributed by atoms with E-state index in [9.17, 15) is 29.1 Å². The SMILES string of the molecule is Cc1cc(C(=O)NC(C)C(=O)N2CCC[C@H]2C(=O)NC(C=O)CC(=O)O)cc(C)c1O. The molecule has 10 heteroatoms. The van der Waals surface area contributed by atoms with Crippen LogP contribution < -0.4 is 10.6 Å². The summed E-state index contributed by atoms with van der Waals surface area (Å²) < 4.78 is 0. The summed E-state index contributed by atoms with van der Waals surface area (Å²) in [5.74, 6) is -2.68. The second-order valence-electron chi connectivity index (χ2n) is 7.69. The number of aldehydes is 1. The van der Waals surface area contributed by atoms with E-state index < -0.39 is 48.2 Å². The summed E-state index contributed by atoms with van der Waals surface area (Å²) in [5, 5.41) is 23.6. The Labute approximate surface area is 179 Å². The molecule has 0 radical (unpaired) electrons. The Hall–Kier alpha value is -3.43. The number of phenols is 1. The number of hydrogen-bond donors (Lipinski definition) is 4. The normalized spacial score (nSPS) is 17.5. The fraction of sp³-hybridized carbons (Fsp3) is 0.476. The highest BCUT2D eigenvalue weighted by Crippen LogP contribution is 2.23. The minimum Gasteiger partial charge on any atom is -0.507 e. The maximum Gasteiger partial charge on any atom is 0.305 e. The number of likely N-dealkylation sites (tertiary alicyclic amines) is 1. The molecule has 0 aromatic heterocycles. The Balaban J connectivity index is 2.05. The van der Waals surface area contributed by atoms with Crippen LogP contribution in [-0.4, -0.2) is 69.8 Å². The summed E-state index contributed by atoms with van der Waals surface area (Å²) in [6, 6.07) is 0.0875. The highest BCUT2D eigenvalue weighted by molar-refractivity contribution is 5.99. The Kier molecular flexibility index (Phi) is 7.73. The third-order valence-corrected chi connectivity index (χ3v) is 5.20. The molecule has 1 aliphatic heterocycles. The van der Waals surface area contributed by atoms with Crippen molar-refractivity contribution in [3.8, 4) is 5.75 Å². The third kappa shape index (κ3) is 5.80. The molecule has 1 fully saturated rings. The van der Waals surface area contributed by atoms with Crippen molar-refractivity contribution in [1.82, 2.24) is 15.5 Å². The summed E-state index contributed by atoms with van der Waals surface area (Å²) in [6.45, 7) is 5.14. The molecule has 2 rings (SSSR count). The summed E-state index contributed by atoms with van der Waals surface area (Å²) in [7, 11) is 0. The number of phenolic OH excluding ortho intramolecular Hbond substituents is 1. The van der Waals surface area contributed by atoms with Crippen molar-refractivity contribution in [1.29, 1.82) is 0 Å². The molecule has 1 aromatic carbocycles. The molecule has 1 aliphatic rings. The third-order valence-electron chi connectivity index (χ3n) is 5.20. The molecule has 0 bridgehead atoms. The number of aliphatic carboxylic acids is 1. The van der Waals surface area contributed by atoms with E-state index in [4.69, 9.17) is 5.11 Å². The number of nitrogens with one attached hydrogen (secondary N) is 2. The van der Waals surface area contributed by atoms with E-state index in [0.29, 0.717) is 42.4 Å². The lowest BCUT2D eigenvalue weighted by molar-refractivity contribution is -0.141. The Morgan fingerprint density at radius 3 is 2.35 bits per heavy atom. The molecule has 2 unspecified atom stereocenters. The Morgan fingerprint density at radius 2 is 1.81 bits per heavy atom. The van der Waals surface area contributed by atoms with Crippen LogP contribution in [0.5, 0.6) is 5.75 Å². The lowest BCUT2D eigenvalue weighted by Gasteiger charge is -2.28. The van der Waals surface area contributed by atoms with E-state index in [1.54, 1.807) is 13.8 Å². The van der Waals surface area contributed by atoms with Gasteiger partial charge in [-0.3, -0.25) is 19.2 Å². The maximum atomic E-state index is 12.9. The number of aromatic hydroxyl groups is 1. The molecular formula is C21H27N3O7. The largest absolute Gasteiger partial charge is 0.507 e. The van der Waals surface area contributed by atoms with Gasteiger partial charge in [-0.25, -0.2) is 0 Å². The zero-order valence-corrected chi connectivity index (χ0v) is 17.7. The molecule has 0 saturated carbocycles. The minimum atomic E-state index is -1.23. The first-order valence-electron chi connectivity index (χ1n) is 9.94. The van der Waals surface area contributed by atoms with E-state index >= 15 is 0 Å². The van der Waals surface area contributed by atoms with Crippen molar-refractivity contribution in [3.05, 3.63) is 28.8 Å². The van der Waals surface area contributed by atoms with E-state index in [1.165, 1.54) is 24.0 Å². The number of rotatable bonds is 8. The quantitative estimate of drug-likeness (QED) is 0.429. The van der Waals surface area contributed by atoms with Crippen LogP contribution in [-0.2, 0) is 19.2 Å². The van der Waals surface area contributed by atoms with Crippen LogP contribution in [0.3, 0.4) is 0 Å². The van der Waals surface area contributed by atoms with E-state index in [2.05, 4.69) is 10.6 Å². The zero-order chi connectivity index (χ0) is 23.3. The van der Waals surface area contributed by atoms with Gasteiger partial charge in [-0.15, -0.1) is 0 Å². The van der Waals surface area contributed by atoms with Crippen LogP contribution in [0.4, 0.5) is 0 Å². The van der Waals surface area contributed by atoms with Crippen molar-refractivity contribution in [2.24, 2.45) is 0 Å². The Morgan fingerprint density at radius 1 is 1.19 bits per heavy atom. The number of amides is 3. The molecule has 31 heavy (non-hydrogen) atoms. The van der Waals surface area contributed by atoms with Crippen LogP contribution in [0, 0.1) is 13.8 Å². The number of nitrogens with zero attached hydrogens (tertiary/aromatic N) is 1. The van der Waals surface area contributed by atoms with Crippen molar-refractivity contribution in [2.75, 3.05) is 6.54 Å². The first-order chi connectivity index (χ1) is 14.5. The molecule has 0 aliphatic carbocycles. The van der Waals surface area contributed by atoms with Crippen LogP contribution in [0.1, 0.15) is 47.7 Å². The standard InChI is InChI=1S/C21H27N3O7/c1-11-7-14(8-12(2)18(11)28)19(29)22-13(3)21(31)24-6-4-5-16(24)20(30)23-15(10-25)9-17(26)27/h7-8,10,13,15-16,28H,4-6,9H2,1-3H3,(H,22,29)(H,23,30)(H,26,27)/t13?,15?,16-/m0/s1. The molecule has 0 spiro atoms. The molecule has 1 saturated heterocycles. The summed E-state index contributed by atoms with van der Waals surface area (Å²) in [5.41, 5.74) is 1.36. The van der Waals surface area contributed by atoms with Crippen molar-refractivity contribution in [2.45, 2.75) is 58.2 Å². The monoisotopic (exact) mass is 433 g/mol. The van der Waals surface area contributed by atoms with Crippen LogP contribution in [0.15, 0.2) is 12.1 Å². The summed E-state index contributed by atoms with van der Waals surface area (Å²) in [4.78, 5) is 61.1. The molecule has 1 heterocycles. The molecule has 168 valence electrons. The van der Waals surface area contributed by atoms with E-state index in [0.717, 1.165) is 0 Å². The first-order valence-corrected chi connectivity index (χ1v) is 9.94. The number of carboxylic acid groups (broad SMARTS) is 1. The van der Waals surface area contributed by atoms with Gasteiger partial charge in [0, 0.05) is 12.1 Å². The topological polar surface area (TPSA) is 153 Å². The predicted octanol–water partition coefficient (Wildman–Crippen LogP) is 0.277. The molecule has 1 aromatic rings. The van der Waals surface area contributed by atoms with E-state index in [1.807, 2.05) is 0 Å². The zero-order valence-electron chi connectivity index (χ0n) is 17.7. The lowest BCUT2D eigenvalue weighted by Crippen LogP contribution is -2.54. The molecular weight excluding hydrogens is 406 g/mol. The minimum absolute atomic E-state index is 0.100. The average Bonchev–Trinajstić information content (AvgIpc) is 3.19. The number of carboxylic acids is 1. The van der Waals surface area contributed by atoms with Crippen LogP contribution >= 0.6 is 0 Å². The first kappa shape index (κ1) is 23.8. The van der Waals surface area contributed by atoms with Crippen molar-refractivity contribution < 1.29 is 34.2 Å². The van der Waals surface area contributed by atoms with Crippen molar-refractivity contribution in [3.63, 3.8) is 0 Å². The lowest BCUT2D eigenvalue weighted by atomic mass is 10.0. The van der Waals surface area contributed by atoms with Crippen molar-refractivity contribution >= 4 is 30.0 Å². The van der Waals surface area contributed by atoms with Gasteiger partial charge in [0.05, 0.1) is 12.5 Å². The Bertz CT molecular complexity index is 876. The molecule has 3 atom stereocenters. The second-order valence-corrected chi connectivity index (χ2v) is 7.69. The fourth-order valence-corrected chi connectivity index (χ4v) is 3.58. The highest BCUT2D eigenvalue weighted by atomic mass is 16.4. The van der Waals surface area contributed by atoms with Gasteiger partial charge in [0.15, 0.2) is 0 Å². The molecule has 3 amide bonds. The summed E-state index contributed by atoms with van der Waals surface area (Å²) in [6.07, 6.45) is 0.726. The van der Waals surface area contributed by atoms with Gasteiger partial charge in [0.2, 0.25) is 11.8 Å². The van der Waals surface area contributed by atoms with Gasteiger partial charge in [-0.1, -0.05) is 0 Å². The smallest absolute Gasteiger partial charge is 0.305 e. The van der Waals surface area contributed by atoms with Crippen LogP contribution in [0.2, 0.25) is 0 Å². The summed E-state index contributed by atoms with van der Waals surface area (Å²) >= 11 is 0. The predicted molar refractivity (Wildman–Crippen MR) is 109 cm³/mol. The fourth-order valence-electron chi connectivity index (χ4n) is 3.58. The number of carbonyl (C=O) groups is 5. The number of aryl methyl sites for hydroxylation is 2. The van der Waals surface area contributed by atoms with E-state index in [-0.39, 0.29) is 5.75 Å². The van der Waals surface area contributed by atoms with Gasteiger partial charge >= 0.3 is 5.97 Å². The second kappa shape index (κ2) is 10.1. The maximum absolute atomic E-state index is 12.9. The van der Waals surface area contributed by atoms with Gasteiger partial charge in [0.1, 0.15) is 24.1 Å². The number of carbonyl (C=O) groups excluding carboxylic acids is 4. The van der Waals surface area contributed by atoms with Gasteiger partial charge in [-0.2, -0.15) is 0 Å².